The summed E-state index contributed by atoms with van der Waals surface area (Å²) in [7, 11) is 0. The number of rotatable bonds is 1. The molecule has 0 aromatic carbocycles. The van der Waals surface area contributed by atoms with E-state index in [9.17, 15) is 4.79 Å². The SMILES string of the molecule is CC(C)C1(C)CCNC1=O. The molecule has 0 aliphatic carbocycles. The summed E-state index contributed by atoms with van der Waals surface area (Å²) in [5, 5.41) is 2.85. The highest BCUT2D eigenvalue weighted by Gasteiger charge is 2.39. The fraction of sp³-hybridized carbons (Fsp3) is 0.875. The van der Waals surface area contributed by atoms with E-state index in [4.69, 9.17) is 0 Å². The van der Waals surface area contributed by atoms with Gasteiger partial charge >= 0.3 is 0 Å². The number of carbonyl (C=O) groups excluding carboxylic acids is 1. The van der Waals surface area contributed by atoms with Crippen LogP contribution in [0.3, 0.4) is 0 Å². The Balaban J connectivity index is 2.75. The minimum atomic E-state index is -0.0972. The Bertz CT molecular complexity index is 153. The van der Waals surface area contributed by atoms with Crippen LogP contribution >= 0.6 is 0 Å². The third-order valence-corrected chi connectivity index (χ3v) is 2.72. The van der Waals surface area contributed by atoms with Crippen molar-refractivity contribution in [1.29, 1.82) is 0 Å². The summed E-state index contributed by atoms with van der Waals surface area (Å²) in [5.74, 6) is 0.678. The highest BCUT2D eigenvalue weighted by molar-refractivity contribution is 5.84. The minimum absolute atomic E-state index is 0.0972. The van der Waals surface area contributed by atoms with Crippen molar-refractivity contribution in [3.63, 3.8) is 0 Å². The van der Waals surface area contributed by atoms with Gasteiger partial charge in [0, 0.05) is 6.54 Å². The molecule has 1 amide bonds. The Hall–Kier alpha value is -0.530. The van der Waals surface area contributed by atoms with Gasteiger partial charge in [-0.1, -0.05) is 20.8 Å². The van der Waals surface area contributed by atoms with Crippen molar-refractivity contribution in [2.24, 2.45) is 11.3 Å². The van der Waals surface area contributed by atoms with E-state index in [1.807, 2.05) is 6.92 Å². The third-order valence-electron chi connectivity index (χ3n) is 2.72. The van der Waals surface area contributed by atoms with E-state index in [0.717, 1.165) is 13.0 Å². The molecule has 1 unspecified atom stereocenters. The van der Waals surface area contributed by atoms with E-state index in [-0.39, 0.29) is 11.3 Å². The second-order valence-corrected chi connectivity index (χ2v) is 3.58. The number of amides is 1. The Morgan fingerprint density at radius 1 is 1.60 bits per heavy atom. The monoisotopic (exact) mass is 141 g/mol. The van der Waals surface area contributed by atoms with E-state index >= 15 is 0 Å². The summed E-state index contributed by atoms with van der Waals surface area (Å²) >= 11 is 0. The van der Waals surface area contributed by atoms with Crippen molar-refractivity contribution in [2.75, 3.05) is 6.54 Å². The lowest BCUT2D eigenvalue weighted by atomic mass is 9.78. The summed E-state index contributed by atoms with van der Waals surface area (Å²) in [6.07, 6.45) is 0.990. The van der Waals surface area contributed by atoms with Crippen molar-refractivity contribution in [3.8, 4) is 0 Å². The zero-order valence-corrected chi connectivity index (χ0v) is 6.90. The second kappa shape index (κ2) is 2.26. The predicted octanol–water partition coefficient (Wildman–Crippen LogP) is 1.17. The van der Waals surface area contributed by atoms with Gasteiger partial charge in [0.1, 0.15) is 0 Å². The van der Waals surface area contributed by atoms with Crippen LogP contribution < -0.4 is 5.32 Å². The molecule has 1 rings (SSSR count). The Kier molecular flexibility index (Phi) is 1.71. The van der Waals surface area contributed by atoms with Gasteiger partial charge < -0.3 is 5.32 Å². The van der Waals surface area contributed by atoms with Gasteiger partial charge in [-0.25, -0.2) is 0 Å². The summed E-state index contributed by atoms with van der Waals surface area (Å²) < 4.78 is 0. The molecule has 0 spiro atoms. The lowest BCUT2D eigenvalue weighted by molar-refractivity contribution is -0.128. The zero-order chi connectivity index (χ0) is 7.78. The molecule has 1 fully saturated rings. The molecule has 2 nitrogen and oxygen atoms in total. The average Bonchev–Trinajstić information content (AvgIpc) is 2.15. The molecule has 0 saturated carbocycles. The smallest absolute Gasteiger partial charge is 0.226 e. The predicted molar refractivity (Wildman–Crippen MR) is 40.6 cm³/mol. The van der Waals surface area contributed by atoms with Gasteiger partial charge in [0.15, 0.2) is 0 Å². The van der Waals surface area contributed by atoms with Crippen LogP contribution in [0.5, 0.6) is 0 Å². The van der Waals surface area contributed by atoms with Crippen LogP contribution in [0, 0.1) is 11.3 Å². The average molecular weight is 141 g/mol. The van der Waals surface area contributed by atoms with E-state index in [0.29, 0.717) is 5.92 Å². The largest absolute Gasteiger partial charge is 0.356 e. The van der Waals surface area contributed by atoms with E-state index in [2.05, 4.69) is 19.2 Å². The minimum Gasteiger partial charge on any atom is -0.356 e. The Morgan fingerprint density at radius 2 is 2.20 bits per heavy atom. The maximum Gasteiger partial charge on any atom is 0.226 e. The molecule has 1 aliphatic heterocycles. The Morgan fingerprint density at radius 3 is 2.40 bits per heavy atom. The van der Waals surface area contributed by atoms with Crippen LogP contribution in [0.2, 0.25) is 0 Å². The summed E-state index contributed by atoms with van der Waals surface area (Å²) in [5.41, 5.74) is -0.0972. The molecule has 1 atom stereocenters. The maximum atomic E-state index is 11.2. The first-order valence-electron chi connectivity index (χ1n) is 3.85. The van der Waals surface area contributed by atoms with Crippen molar-refractivity contribution >= 4 is 5.91 Å². The van der Waals surface area contributed by atoms with Crippen molar-refractivity contribution in [3.05, 3.63) is 0 Å². The first-order valence-corrected chi connectivity index (χ1v) is 3.85. The van der Waals surface area contributed by atoms with Gasteiger partial charge in [-0.3, -0.25) is 4.79 Å². The molecule has 58 valence electrons. The van der Waals surface area contributed by atoms with Crippen molar-refractivity contribution < 1.29 is 4.79 Å². The van der Waals surface area contributed by atoms with Crippen LogP contribution in [-0.2, 0) is 4.79 Å². The summed E-state index contributed by atoms with van der Waals surface area (Å²) in [6.45, 7) is 7.10. The van der Waals surface area contributed by atoms with Gasteiger partial charge in [-0.15, -0.1) is 0 Å². The number of carbonyl (C=O) groups is 1. The summed E-state index contributed by atoms with van der Waals surface area (Å²) in [4.78, 5) is 11.2. The maximum absolute atomic E-state index is 11.2. The highest BCUT2D eigenvalue weighted by Crippen LogP contribution is 2.33. The molecule has 1 aliphatic rings. The third kappa shape index (κ3) is 0.917. The molecule has 2 heteroatoms. The number of nitrogens with one attached hydrogen (secondary N) is 1. The first kappa shape index (κ1) is 7.58. The molecular formula is C8H15NO. The Labute approximate surface area is 62.0 Å². The molecule has 0 aromatic rings. The van der Waals surface area contributed by atoms with Gasteiger partial charge in [0.25, 0.3) is 0 Å². The van der Waals surface area contributed by atoms with E-state index in [1.165, 1.54) is 0 Å². The van der Waals surface area contributed by atoms with E-state index in [1.54, 1.807) is 0 Å². The van der Waals surface area contributed by atoms with Crippen LogP contribution in [-0.4, -0.2) is 12.5 Å². The molecular weight excluding hydrogens is 126 g/mol. The van der Waals surface area contributed by atoms with Crippen LogP contribution in [0.25, 0.3) is 0 Å². The number of hydrogen-bond donors (Lipinski definition) is 1. The molecule has 1 N–H and O–H groups in total. The van der Waals surface area contributed by atoms with Crippen LogP contribution in [0.4, 0.5) is 0 Å². The van der Waals surface area contributed by atoms with Gasteiger partial charge in [0.2, 0.25) is 5.91 Å². The zero-order valence-electron chi connectivity index (χ0n) is 6.90. The quantitative estimate of drug-likeness (QED) is 0.583. The second-order valence-electron chi connectivity index (χ2n) is 3.58. The van der Waals surface area contributed by atoms with Gasteiger partial charge in [-0.2, -0.15) is 0 Å². The van der Waals surface area contributed by atoms with Crippen LogP contribution in [0.1, 0.15) is 27.2 Å². The molecule has 10 heavy (non-hydrogen) atoms. The van der Waals surface area contributed by atoms with Crippen LogP contribution in [0.15, 0.2) is 0 Å². The topological polar surface area (TPSA) is 29.1 Å². The lowest BCUT2D eigenvalue weighted by Gasteiger charge is -2.24. The lowest BCUT2D eigenvalue weighted by Crippen LogP contribution is -2.32. The summed E-state index contributed by atoms with van der Waals surface area (Å²) in [6, 6.07) is 0. The first-order chi connectivity index (χ1) is 4.57. The van der Waals surface area contributed by atoms with Crippen molar-refractivity contribution in [1.82, 2.24) is 5.32 Å². The molecule has 1 saturated heterocycles. The van der Waals surface area contributed by atoms with E-state index < -0.39 is 0 Å². The molecule has 0 bridgehead atoms. The fourth-order valence-corrected chi connectivity index (χ4v) is 1.30. The standard InChI is InChI=1S/C8H15NO/c1-6(2)8(3)4-5-9-7(8)10/h6H,4-5H2,1-3H3,(H,9,10). The number of hydrogen-bond acceptors (Lipinski definition) is 1. The molecule has 1 heterocycles. The van der Waals surface area contributed by atoms with Gasteiger partial charge in [0.05, 0.1) is 5.41 Å². The fourth-order valence-electron chi connectivity index (χ4n) is 1.30. The molecule has 0 aromatic heterocycles. The normalized spacial score (nSPS) is 33.0. The molecule has 0 radical (unpaired) electrons. The highest BCUT2D eigenvalue weighted by atomic mass is 16.2. The van der Waals surface area contributed by atoms with Crippen molar-refractivity contribution in [2.45, 2.75) is 27.2 Å². The van der Waals surface area contributed by atoms with Gasteiger partial charge in [-0.05, 0) is 12.3 Å².